The van der Waals surface area contributed by atoms with Crippen molar-refractivity contribution in [2.24, 2.45) is 0 Å². The molecule has 0 atom stereocenters. The molecule has 3 nitrogen and oxygen atoms in total. The minimum atomic E-state index is 0.842. The lowest BCUT2D eigenvalue weighted by atomic mass is 9.95. The highest BCUT2D eigenvalue weighted by atomic mass is 16.5. The second-order valence-corrected chi connectivity index (χ2v) is 7.31. The van der Waals surface area contributed by atoms with Crippen molar-refractivity contribution in [3.63, 3.8) is 0 Å². The quantitative estimate of drug-likeness (QED) is 0.343. The van der Waals surface area contributed by atoms with Gasteiger partial charge in [-0.15, -0.1) is 0 Å². The Morgan fingerprint density at radius 2 is 1.52 bits per heavy atom. The normalized spacial score (nSPS) is 11.6. The Labute approximate surface area is 167 Å². The van der Waals surface area contributed by atoms with E-state index in [-0.39, 0.29) is 0 Å². The van der Waals surface area contributed by atoms with E-state index in [0.29, 0.717) is 0 Å². The van der Waals surface area contributed by atoms with E-state index in [9.17, 15) is 0 Å². The standard InChI is InChI=1S/C26H18N2O/c1-29-17-10-11-21-22-12-13-27-25(26(22)28-24(21)15-17)23-14-16-6-2-3-7-18(16)19-8-4-5-9-20(19)23/h2-15,28H,1H3. The van der Waals surface area contributed by atoms with Crippen molar-refractivity contribution in [3.05, 3.63) is 85.1 Å². The molecule has 0 radical (unpaired) electrons. The molecule has 0 saturated carbocycles. The molecule has 6 rings (SSSR count). The number of ether oxygens (including phenoxy) is 1. The van der Waals surface area contributed by atoms with Crippen molar-refractivity contribution in [1.29, 1.82) is 0 Å². The van der Waals surface area contributed by atoms with Crippen molar-refractivity contribution in [2.75, 3.05) is 7.11 Å². The van der Waals surface area contributed by atoms with Gasteiger partial charge in [-0.1, -0.05) is 48.5 Å². The number of benzene rings is 4. The summed E-state index contributed by atoms with van der Waals surface area (Å²) < 4.78 is 5.40. The van der Waals surface area contributed by atoms with E-state index >= 15 is 0 Å². The van der Waals surface area contributed by atoms with Crippen molar-refractivity contribution >= 4 is 43.4 Å². The lowest BCUT2D eigenvalue weighted by Gasteiger charge is -2.11. The lowest BCUT2D eigenvalue weighted by Crippen LogP contribution is -1.89. The minimum absolute atomic E-state index is 0.842. The largest absolute Gasteiger partial charge is 0.497 e. The predicted octanol–water partition coefficient (Wildman–Crippen LogP) is 6.70. The average molecular weight is 374 g/mol. The molecule has 29 heavy (non-hydrogen) atoms. The van der Waals surface area contributed by atoms with Crippen molar-refractivity contribution in [3.8, 4) is 17.0 Å². The van der Waals surface area contributed by atoms with Crippen LogP contribution < -0.4 is 4.74 Å². The van der Waals surface area contributed by atoms with Crippen LogP contribution in [0.3, 0.4) is 0 Å². The molecular formula is C26H18N2O. The average Bonchev–Trinajstić information content (AvgIpc) is 3.16. The van der Waals surface area contributed by atoms with Crippen LogP contribution in [0.15, 0.2) is 85.1 Å². The number of fused-ring (bicyclic) bond motifs is 6. The molecule has 0 bridgehead atoms. The zero-order valence-electron chi connectivity index (χ0n) is 15.9. The fourth-order valence-electron chi connectivity index (χ4n) is 4.39. The molecule has 2 aromatic heterocycles. The van der Waals surface area contributed by atoms with Crippen LogP contribution in [0.4, 0.5) is 0 Å². The molecular weight excluding hydrogens is 356 g/mol. The van der Waals surface area contributed by atoms with Gasteiger partial charge in [-0.05, 0) is 45.8 Å². The Morgan fingerprint density at radius 3 is 2.38 bits per heavy atom. The van der Waals surface area contributed by atoms with E-state index in [4.69, 9.17) is 9.72 Å². The number of H-pyrrole nitrogens is 1. The van der Waals surface area contributed by atoms with E-state index in [1.54, 1.807) is 7.11 Å². The first-order valence-corrected chi connectivity index (χ1v) is 9.69. The first-order chi connectivity index (χ1) is 14.3. The van der Waals surface area contributed by atoms with Crippen LogP contribution in [-0.2, 0) is 0 Å². The Morgan fingerprint density at radius 1 is 0.724 bits per heavy atom. The van der Waals surface area contributed by atoms with E-state index < -0.39 is 0 Å². The maximum absolute atomic E-state index is 5.40. The van der Waals surface area contributed by atoms with E-state index in [1.165, 1.54) is 32.3 Å². The molecule has 0 aliphatic heterocycles. The van der Waals surface area contributed by atoms with Crippen LogP contribution in [0, 0.1) is 0 Å². The Bertz CT molecular complexity index is 1550. The first kappa shape index (κ1) is 16.1. The fraction of sp³-hybridized carbons (Fsp3) is 0.0385. The molecule has 3 heteroatoms. The topological polar surface area (TPSA) is 37.9 Å². The molecule has 0 saturated heterocycles. The van der Waals surface area contributed by atoms with Gasteiger partial charge in [-0.3, -0.25) is 4.98 Å². The van der Waals surface area contributed by atoms with Gasteiger partial charge in [0.2, 0.25) is 0 Å². The summed E-state index contributed by atoms with van der Waals surface area (Å²) >= 11 is 0. The third-order valence-corrected chi connectivity index (χ3v) is 5.75. The number of rotatable bonds is 2. The van der Waals surface area contributed by atoms with Gasteiger partial charge in [0.1, 0.15) is 5.75 Å². The summed E-state index contributed by atoms with van der Waals surface area (Å²) in [5.74, 6) is 0.842. The molecule has 0 fully saturated rings. The van der Waals surface area contributed by atoms with Gasteiger partial charge < -0.3 is 9.72 Å². The zero-order chi connectivity index (χ0) is 19.4. The maximum atomic E-state index is 5.40. The van der Waals surface area contributed by atoms with Crippen LogP contribution in [-0.4, -0.2) is 17.1 Å². The molecule has 0 amide bonds. The fourth-order valence-corrected chi connectivity index (χ4v) is 4.39. The number of pyridine rings is 1. The van der Waals surface area contributed by atoms with Crippen molar-refractivity contribution < 1.29 is 4.74 Å². The molecule has 6 aromatic rings. The molecule has 0 aliphatic carbocycles. The number of nitrogens with one attached hydrogen (secondary N) is 1. The highest BCUT2D eigenvalue weighted by Crippen LogP contribution is 2.38. The zero-order valence-corrected chi connectivity index (χ0v) is 15.9. The Balaban J connectivity index is 1.74. The van der Waals surface area contributed by atoms with Crippen LogP contribution in [0.5, 0.6) is 5.75 Å². The van der Waals surface area contributed by atoms with E-state index in [1.807, 2.05) is 18.3 Å². The van der Waals surface area contributed by atoms with Gasteiger partial charge in [0.05, 0.1) is 23.8 Å². The molecule has 0 spiro atoms. The number of aromatic amines is 1. The third-order valence-electron chi connectivity index (χ3n) is 5.75. The van der Waals surface area contributed by atoms with Crippen LogP contribution in [0.25, 0.3) is 54.6 Å². The number of aromatic nitrogens is 2. The Hall–Kier alpha value is -3.85. The Kier molecular flexibility index (Phi) is 3.38. The van der Waals surface area contributed by atoms with Crippen LogP contribution in [0.2, 0.25) is 0 Å². The highest BCUT2D eigenvalue weighted by molar-refractivity contribution is 6.17. The number of hydrogen-bond acceptors (Lipinski definition) is 2. The summed E-state index contributed by atoms with van der Waals surface area (Å²) in [5.41, 5.74) is 4.22. The van der Waals surface area contributed by atoms with Gasteiger partial charge in [-0.2, -0.15) is 0 Å². The van der Waals surface area contributed by atoms with Crippen LogP contribution in [0.1, 0.15) is 0 Å². The monoisotopic (exact) mass is 374 g/mol. The van der Waals surface area contributed by atoms with Crippen LogP contribution >= 0.6 is 0 Å². The van der Waals surface area contributed by atoms with E-state index in [0.717, 1.165) is 28.0 Å². The van der Waals surface area contributed by atoms with Crippen molar-refractivity contribution in [2.45, 2.75) is 0 Å². The molecule has 2 heterocycles. The molecule has 138 valence electrons. The maximum Gasteiger partial charge on any atom is 0.120 e. The molecule has 0 unspecified atom stereocenters. The molecule has 4 aromatic carbocycles. The van der Waals surface area contributed by atoms with Gasteiger partial charge >= 0.3 is 0 Å². The number of methoxy groups -OCH3 is 1. The van der Waals surface area contributed by atoms with Gasteiger partial charge in [0.15, 0.2) is 0 Å². The summed E-state index contributed by atoms with van der Waals surface area (Å²) in [5, 5.41) is 7.29. The molecule has 1 N–H and O–H groups in total. The number of nitrogens with zero attached hydrogens (tertiary/aromatic N) is 1. The second kappa shape index (κ2) is 6.08. The summed E-state index contributed by atoms with van der Waals surface area (Å²) in [6.45, 7) is 0. The summed E-state index contributed by atoms with van der Waals surface area (Å²) in [4.78, 5) is 8.40. The SMILES string of the molecule is COc1ccc2c(c1)[nH]c1c(-c3cc4ccccc4c4ccccc34)nccc12. The summed E-state index contributed by atoms with van der Waals surface area (Å²) in [7, 11) is 1.69. The minimum Gasteiger partial charge on any atom is -0.497 e. The summed E-state index contributed by atoms with van der Waals surface area (Å²) in [6.07, 6.45) is 1.90. The highest BCUT2D eigenvalue weighted by Gasteiger charge is 2.15. The van der Waals surface area contributed by atoms with Gasteiger partial charge in [0, 0.05) is 28.6 Å². The van der Waals surface area contributed by atoms with Crippen molar-refractivity contribution in [1.82, 2.24) is 9.97 Å². The first-order valence-electron chi connectivity index (χ1n) is 9.69. The predicted molar refractivity (Wildman–Crippen MR) is 121 cm³/mol. The smallest absolute Gasteiger partial charge is 0.120 e. The summed E-state index contributed by atoms with van der Waals surface area (Å²) in [6, 6.07) is 27.6. The number of hydrogen-bond donors (Lipinski definition) is 1. The third kappa shape index (κ3) is 2.34. The van der Waals surface area contributed by atoms with Gasteiger partial charge in [0.25, 0.3) is 0 Å². The molecule has 0 aliphatic rings. The van der Waals surface area contributed by atoms with E-state index in [2.05, 4.69) is 71.7 Å². The second-order valence-electron chi connectivity index (χ2n) is 7.31. The van der Waals surface area contributed by atoms with Gasteiger partial charge in [-0.25, -0.2) is 0 Å². The lowest BCUT2D eigenvalue weighted by molar-refractivity contribution is 0.415.